The van der Waals surface area contributed by atoms with Crippen molar-refractivity contribution in [2.24, 2.45) is 0 Å². The largest absolute Gasteiger partial charge is 0.394 e. The van der Waals surface area contributed by atoms with E-state index in [1.807, 2.05) is 13.8 Å². The monoisotopic (exact) mass is 238 g/mol. The normalized spacial score (nSPS) is 42.2. The summed E-state index contributed by atoms with van der Waals surface area (Å²) in [7, 11) is 0. The predicted octanol–water partition coefficient (Wildman–Crippen LogP) is -0.851. The maximum atomic E-state index is 9.74. The molecule has 5 atom stereocenters. The van der Waals surface area contributed by atoms with Crippen LogP contribution in [-0.4, -0.2) is 57.9 Å². The molecule has 1 aliphatic rings. The molecule has 1 heterocycles. The van der Waals surface area contributed by atoms with Crippen molar-refractivity contribution in [2.75, 3.05) is 6.61 Å². The summed E-state index contributed by atoms with van der Waals surface area (Å²) < 4.78 is 10.6. The Morgan fingerprint density at radius 1 is 1.33 bits per heavy atom. The minimum absolute atomic E-state index is 0.0965. The molecule has 0 radical (unpaired) electrons. The summed E-state index contributed by atoms with van der Waals surface area (Å²) in [5, 5.41) is 28.2. The summed E-state index contributed by atoms with van der Waals surface area (Å²) in [6.45, 7) is 3.28. The molecule has 0 aromatic carbocycles. The molecule has 3 N–H and O–H groups in total. The molecule has 5 nitrogen and oxygen atoms in total. The van der Waals surface area contributed by atoms with Gasteiger partial charge in [0, 0.05) is 0 Å². The average molecular weight is 238 g/mol. The number of aliphatic hydroxyl groups is 3. The number of rotatable bonds is 3. The van der Waals surface area contributed by atoms with Crippen LogP contribution >= 0.6 is 12.6 Å². The minimum atomic E-state index is -1.15. The van der Waals surface area contributed by atoms with Crippen molar-refractivity contribution in [2.45, 2.75) is 49.8 Å². The van der Waals surface area contributed by atoms with Crippen LogP contribution in [0.4, 0.5) is 0 Å². The lowest BCUT2D eigenvalue weighted by molar-refractivity contribution is -0.225. The minimum Gasteiger partial charge on any atom is -0.394 e. The van der Waals surface area contributed by atoms with Gasteiger partial charge in [-0.25, -0.2) is 0 Å². The van der Waals surface area contributed by atoms with E-state index < -0.39 is 29.9 Å². The van der Waals surface area contributed by atoms with Crippen LogP contribution in [0.25, 0.3) is 0 Å². The van der Waals surface area contributed by atoms with Gasteiger partial charge in [-0.15, -0.1) is 12.6 Å². The maximum Gasteiger partial charge on any atom is 0.129 e. The number of thiol groups is 1. The van der Waals surface area contributed by atoms with E-state index in [0.29, 0.717) is 0 Å². The molecular formula is C9H18O5S. The van der Waals surface area contributed by atoms with Crippen LogP contribution in [0.15, 0.2) is 0 Å². The Morgan fingerprint density at radius 2 is 1.93 bits per heavy atom. The van der Waals surface area contributed by atoms with Crippen LogP contribution in [0.1, 0.15) is 13.8 Å². The van der Waals surface area contributed by atoms with Gasteiger partial charge in [0.25, 0.3) is 0 Å². The molecule has 0 amide bonds. The first-order valence-electron chi connectivity index (χ1n) is 4.93. The van der Waals surface area contributed by atoms with Gasteiger partial charge in [-0.05, 0) is 13.8 Å². The Kier molecular flexibility index (Phi) is 4.82. The molecule has 0 aromatic rings. The lowest BCUT2D eigenvalue weighted by Crippen LogP contribution is -2.58. The standard InChI is InChI=1S/C9H18O5S/c1-4(2)13-8-7(12)6(11)5(3-10)14-9(8)15/h4-12,15H,3H2,1-2H3/t5-,6+,7+,8-,9+/m1/s1. The fourth-order valence-corrected chi connectivity index (χ4v) is 1.94. The number of aliphatic hydroxyl groups excluding tert-OH is 3. The second-order valence-electron chi connectivity index (χ2n) is 3.88. The van der Waals surface area contributed by atoms with Crippen LogP contribution in [0.3, 0.4) is 0 Å². The molecule has 1 saturated heterocycles. The second kappa shape index (κ2) is 5.47. The van der Waals surface area contributed by atoms with E-state index >= 15 is 0 Å². The predicted molar refractivity (Wildman–Crippen MR) is 56.8 cm³/mol. The van der Waals surface area contributed by atoms with Gasteiger partial charge in [-0.2, -0.15) is 0 Å². The third-order valence-electron chi connectivity index (χ3n) is 2.27. The zero-order valence-corrected chi connectivity index (χ0v) is 9.67. The molecule has 0 saturated carbocycles. The van der Waals surface area contributed by atoms with Crippen molar-refractivity contribution in [3.8, 4) is 0 Å². The number of hydrogen-bond acceptors (Lipinski definition) is 6. The van der Waals surface area contributed by atoms with E-state index in [9.17, 15) is 10.2 Å². The van der Waals surface area contributed by atoms with Crippen LogP contribution < -0.4 is 0 Å². The molecule has 1 rings (SSSR count). The highest BCUT2D eigenvalue weighted by molar-refractivity contribution is 7.80. The quantitative estimate of drug-likeness (QED) is 0.482. The Labute approximate surface area is 94.4 Å². The highest BCUT2D eigenvalue weighted by Crippen LogP contribution is 2.26. The van der Waals surface area contributed by atoms with Gasteiger partial charge in [-0.1, -0.05) is 0 Å². The maximum absolute atomic E-state index is 9.74. The molecule has 90 valence electrons. The molecule has 0 aromatic heterocycles. The van der Waals surface area contributed by atoms with E-state index in [1.165, 1.54) is 0 Å². The first-order chi connectivity index (χ1) is 6.97. The molecule has 0 aliphatic carbocycles. The Hall–Kier alpha value is 0.150. The summed E-state index contributed by atoms with van der Waals surface area (Å²) in [4.78, 5) is 0. The fourth-order valence-electron chi connectivity index (χ4n) is 1.53. The summed E-state index contributed by atoms with van der Waals surface area (Å²) in [6, 6.07) is 0. The molecule has 15 heavy (non-hydrogen) atoms. The molecule has 6 heteroatoms. The average Bonchev–Trinajstić information content (AvgIpc) is 2.18. The van der Waals surface area contributed by atoms with Crippen LogP contribution in [0.2, 0.25) is 0 Å². The van der Waals surface area contributed by atoms with Gasteiger partial charge in [0.2, 0.25) is 0 Å². The van der Waals surface area contributed by atoms with E-state index in [2.05, 4.69) is 12.6 Å². The second-order valence-corrected chi connectivity index (χ2v) is 4.39. The van der Waals surface area contributed by atoms with Gasteiger partial charge in [0.05, 0.1) is 12.7 Å². The number of hydrogen-bond donors (Lipinski definition) is 4. The Morgan fingerprint density at radius 3 is 2.40 bits per heavy atom. The lowest BCUT2D eigenvalue weighted by atomic mass is 10.00. The summed E-state index contributed by atoms with van der Waals surface area (Å²) in [5.41, 5.74) is -0.650. The first-order valence-corrected chi connectivity index (χ1v) is 5.45. The van der Waals surface area contributed by atoms with Gasteiger partial charge in [0.15, 0.2) is 0 Å². The van der Waals surface area contributed by atoms with Crippen LogP contribution in [0, 0.1) is 0 Å². The Balaban J connectivity index is 2.66. The summed E-state index contributed by atoms with van der Waals surface area (Å²) >= 11 is 4.11. The highest BCUT2D eigenvalue weighted by Gasteiger charge is 2.43. The summed E-state index contributed by atoms with van der Waals surface area (Å²) in [5.74, 6) is 0. The van der Waals surface area contributed by atoms with Crippen molar-refractivity contribution in [3.05, 3.63) is 0 Å². The lowest BCUT2D eigenvalue weighted by Gasteiger charge is -2.40. The van der Waals surface area contributed by atoms with Gasteiger partial charge >= 0.3 is 0 Å². The van der Waals surface area contributed by atoms with Crippen LogP contribution in [-0.2, 0) is 9.47 Å². The van der Waals surface area contributed by atoms with E-state index in [-0.39, 0.29) is 12.7 Å². The van der Waals surface area contributed by atoms with Crippen molar-refractivity contribution in [3.63, 3.8) is 0 Å². The zero-order chi connectivity index (χ0) is 11.6. The van der Waals surface area contributed by atoms with E-state index in [4.69, 9.17) is 14.6 Å². The third kappa shape index (κ3) is 3.05. The van der Waals surface area contributed by atoms with Crippen molar-refractivity contribution in [1.82, 2.24) is 0 Å². The molecule has 1 aliphatic heterocycles. The van der Waals surface area contributed by atoms with Crippen LogP contribution in [0.5, 0.6) is 0 Å². The smallest absolute Gasteiger partial charge is 0.129 e. The van der Waals surface area contributed by atoms with Gasteiger partial charge < -0.3 is 24.8 Å². The van der Waals surface area contributed by atoms with Crippen molar-refractivity contribution in [1.29, 1.82) is 0 Å². The number of ether oxygens (including phenoxy) is 2. The highest BCUT2D eigenvalue weighted by atomic mass is 32.1. The van der Waals surface area contributed by atoms with E-state index in [1.54, 1.807) is 0 Å². The first kappa shape index (κ1) is 13.2. The SMILES string of the molecule is CC(C)O[C@@H]1[C@@H](O)[C@@H](O)[C@@H](CO)O[C@H]1S. The topological polar surface area (TPSA) is 79.2 Å². The van der Waals surface area contributed by atoms with Crippen molar-refractivity contribution >= 4 is 12.6 Å². The van der Waals surface area contributed by atoms with Crippen molar-refractivity contribution < 1.29 is 24.8 Å². The summed E-state index contributed by atoms with van der Waals surface area (Å²) in [6.07, 6.45) is -3.84. The van der Waals surface area contributed by atoms with Gasteiger partial charge in [-0.3, -0.25) is 0 Å². The third-order valence-corrected chi connectivity index (χ3v) is 2.69. The molecule has 0 spiro atoms. The zero-order valence-electron chi connectivity index (χ0n) is 8.78. The molecule has 0 bridgehead atoms. The fraction of sp³-hybridized carbons (Fsp3) is 1.00. The Bertz CT molecular complexity index is 201. The van der Waals surface area contributed by atoms with E-state index in [0.717, 1.165) is 0 Å². The molecule has 0 unspecified atom stereocenters. The molecule has 1 fully saturated rings. The molecular weight excluding hydrogens is 220 g/mol. The van der Waals surface area contributed by atoms with Gasteiger partial charge in [0.1, 0.15) is 29.9 Å².